The van der Waals surface area contributed by atoms with Gasteiger partial charge in [0.05, 0.1) is 29.4 Å². The number of carbonyl (C=O) groups excluding carboxylic acids is 1. The zero-order chi connectivity index (χ0) is 22.9. The summed E-state index contributed by atoms with van der Waals surface area (Å²) in [6.45, 7) is 4.75. The van der Waals surface area contributed by atoms with Crippen LogP contribution >= 0.6 is 23.2 Å². The van der Waals surface area contributed by atoms with Crippen LogP contribution in [0, 0.1) is 0 Å². The number of likely N-dealkylation sites (tertiary alicyclic amines) is 1. The molecule has 2 aromatic carbocycles. The first-order valence-electron chi connectivity index (χ1n) is 11.9. The van der Waals surface area contributed by atoms with E-state index in [1.54, 1.807) is 6.07 Å². The third-order valence-electron chi connectivity index (χ3n) is 7.32. The molecule has 3 heterocycles. The monoisotopic (exact) mass is 484 g/mol. The van der Waals surface area contributed by atoms with Gasteiger partial charge in [0.25, 0.3) is 0 Å². The van der Waals surface area contributed by atoms with Crippen molar-refractivity contribution in [2.45, 2.75) is 57.0 Å². The van der Waals surface area contributed by atoms with Crippen LogP contribution in [0.2, 0.25) is 10.0 Å². The second kappa shape index (κ2) is 9.65. The molecule has 5 rings (SSSR count). The van der Waals surface area contributed by atoms with E-state index in [0.717, 1.165) is 61.9 Å². The fourth-order valence-electron chi connectivity index (χ4n) is 5.31. The molecule has 2 aliphatic heterocycles. The van der Waals surface area contributed by atoms with Gasteiger partial charge in [-0.3, -0.25) is 4.79 Å². The molecular weight excluding hydrogens is 455 g/mol. The topological polar surface area (TPSA) is 50.2 Å². The van der Waals surface area contributed by atoms with Gasteiger partial charge in [-0.1, -0.05) is 41.8 Å². The predicted octanol–water partition coefficient (Wildman–Crippen LogP) is 5.80. The van der Waals surface area contributed by atoms with Crippen molar-refractivity contribution < 1.29 is 4.79 Å². The number of hydrogen-bond donors (Lipinski definition) is 1. The number of imidazole rings is 1. The second-order valence-electron chi connectivity index (χ2n) is 9.34. The van der Waals surface area contributed by atoms with Crippen LogP contribution in [0.3, 0.4) is 0 Å². The van der Waals surface area contributed by atoms with Crippen molar-refractivity contribution in [3.8, 4) is 0 Å². The van der Waals surface area contributed by atoms with Gasteiger partial charge in [-0.2, -0.15) is 0 Å². The summed E-state index contributed by atoms with van der Waals surface area (Å²) in [6, 6.07) is 12.3. The standard InChI is InChI=1S/C26H30Cl2N4O/c1-17(21-7-6-20(27)15-22(21)28)32-16-30-23-8-5-19(14-25(23)32)18-9-12-31(13-10-18)26(33)24-4-2-3-11-29-24/h5-8,14-18,24,29H,2-4,9-13H2,1H3/t17-,24?/m1/s1. The van der Waals surface area contributed by atoms with Crippen LogP contribution in [0.1, 0.15) is 62.1 Å². The highest BCUT2D eigenvalue weighted by molar-refractivity contribution is 6.35. The average molecular weight is 485 g/mol. The Labute approximate surface area is 205 Å². The molecule has 2 saturated heterocycles. The van der Waals surface area contributed by atoms with Crippen molar-refractivity contribution in [2.75, 3.05) is 19.6 Å². The predicted molar refractivity (Wildman–Crippen MR) is 134 cm³/mol. The summed E-state index contributed by atoms with van der Waals surface area (Å²) in [4.78, 5) is 19.6. The Bertz CT molecular complexity index is 1150. The Morgan fingerprint density at radius 2 is 1.91 bits per heavy atom. The Balaban J connectivity index is 1.32. The molecule has 2 atom stereocenters. The van der Waals surface area contributed by atoms with E-state index in [4.69, 9.17) is 23.2 Å². The molecule has 3 aromatic rings. The lowest BCUT2D eigenvalue weighted by molar-refractivity contribution is -0.135. The molecule has 1 unspecified atom stereocenters. The van der Waals surface area contributed by atoms with Crippen LogP contribution in [0.15, 0.2) is 42.7 Å². The van der Waals surface area contributed by atoms with Gasteiger partial charge in [0, 0.05) is 23.1 Å². The summed E-state index contributed by atoms with van der Waals surface area (Å²) in [7, 11) is 0. The summed E-state index contributed by atoms with van der Waals surface area (Å²) in [5.41, 5.74) is 4.43. The van der Waals surface area contributed by atoms with Gasteiger partial charge in [0.15, 0.2) is 0 Å². The van der Waals surface area contributed by atoms with E-state index < -0.39 is 0 Å². The summed E-state index contributed by atoms with van der Waals surface area (Å²) in [6.07, 6.45) is 7.17. The Kier molecular flexibility index (Phi) is 6.64. The molecular formula is C26H30Cl2N4O. The van der Waals surface area contributed by atoms with Crippen molar-refractivity contribution >= 4 is 40.1 Å². The molecule has 7 heteroatoms. The summed E-state index contributed by atoms with van der Waals surface area (Å²) in [5.74, 6) is 0.742. The van der Waals surface area contributed by atoms with E-state index in [2.05, 4.69) is 44.9 Å². The van der Waals surface area contributed by atoms with Crippen LogP contribution in [0.25, 0.3) is 11.0 Å². The van der Waals surface area contributed by atoms with Gasteiger partial charge in [-0.15, -0.1) is 0 Å². The van der Waals surface area contributed by atoms with Crippen molar-refractivity contribution in [1.82, 2.24) is 19.8 Å². The lowest BCUT2D eigenvalue weighted by atomic mass is 9.88. The minimum Gasteiger partial charge on any atom is -0.341 e. The molecule has 174 valence electrons. The van der Waals surface area contributed by atoms with Gasteiger partial charge in [-0.25, -0.2) is 4.98 Å². The molecule has 1 N–H and O–H groups in total. The zero-order valence-corrected chi connectivity index (χ0v) is 20.4. The molecule has 1 aromatic heterocycles. The number of nitrogens with one attached hydrogen (secondary N) is 1. The molecule has 2 aliphatic rings. The van der Waals surface area contributed by atoms with Crippen molar-refractivity contribution in [2.24, 2.45) is 0 Å². The number of benzene rings is 2. The first-order valence-corrected chi connectivity index (χ1v) is 12.7. The number of nitrogens with zero attached hydrogens (tertiary/aromatic N) is 3. The van der Waals surface area contributed by atoms with Gasteiger partial charge >= 0.3 is 0 Å². The molecule has 5 nitrogen and oxygen atoms in total. The van der Waals surface area contributed by atoms with Crippen LogP contribution in [-0.2, 0) is 4.79 Å². The number of hydrogen-bond acceptors (Lipinski definition) is 3. The van der Waals surface area contributed by atoms with Crippen molar-refractivity contribution in [3.63, 3.8) is 0 Å². The van der Waals surface area contributed by atoms with E-state index in [1.807, 2.05) is 18.5 Å². The van der Waals surface area contributed by atoms with Gasteiger partial charge in [0.1, 0.15) is 0 Å². The van der Waals surface area contributed by atoms with Crippen molar-refractivity contribution in [3.05, 3.63) is 63.9 Å². The molecule has 0 spiro atoms. The third-order valence-corrected chi connectivity index (χ3v) is 7.88. The highest BCUT2D eigenvalue weighted by Crippen LogP contribution is 2.34. The minimum atomic E-state index is 0.0159. The number of amides is 1. The molecule has 33 heavy (non-hydrogen) atoms. The van der Waals surface area contributed by atoms with Crippen LogP contribution in [0.5, 0.6) is 0 Å². The fourth-order valence-corrected chi connectivity index (χ4v) is 5.88. The number of carbonyl (C=O) groups is 1. The summed E-state index contributed by atoms with van der Waals surface area (Å²) >= 11 is 12.6. The molecule has 0 aliphatic carbocycles. The molecule has 0 radical (unpaired) electrons. The lowest BCUT2D eigenvalue weighted by Gasteiger charge is -2.35. The highest BCUT2D eigenvalue weighted by Gasteiger charge is 2.29. The number of aromatic nitrogens is 2. The van der Waals surface area contributed by atoms with E-state index >= 15 is 0 Å². The molecule has 2 fully saturated rings. The molecule has 0 saturated carbocycles. The second-order valence-corrected chi connectivity index (χ2v) is 10.2. The third kappa shape index (κ3) is 4.64. The number of halogens is 2. The number of piperidine rings is 2. The lowest BCUT2D eigenvalue weighted by Crippen LogP contribution is -2.50. The molecule has 0 bridgehead atoms. The Morgan fingerprint density at radius 3 is 2.64 bits per heavy atom. The van der Waals surface area contributed by atoms with E-state index in [1.165, 1.54) is 12.0 Å². The van der Waals surface area contributed by atoms with Crippen LogP contribution < -0.4 is 5.32 Å². The van der Waals surface area contributed by atoms with Crippen LogP contribution in [0.4, 0.5) is 0 Å². The van der Waals surface area contributed by atoms with Gasteiger partial charge in [-0.05, 0) is 80.5 Å². The maximum absolute atomic E-state index is 12.9. The number of rotatable bonds is 4. The van der Waals surface area contributed by atoms with E-state index in [-0.39, 0.29) is 18.0 Å². The first kappa shape index (κ1) is 22.7. The Morgan fingerprint density at radius 1 is 1.09 bits per heavy atom. The van der Waals surface area contributed by atoms with E-state index in [9.17, 15) is 4.79 Å². The van der Waals surface area contributed by atoms with Crippen LogP contribution in [-0.4, -0.2) is 46.0 Å². The minimum absolute atomic E-state index is 0.0159. The smallest absolute Gasteiger partial charge is 0.239 e. The van der Waals surface area contributed by atoms with Crippen molar-refractivity contribution in [1.29, 1.82) is 0 Å². The quantitative estimate of drug-likeness (QED) is 0.508. The summed E-state index contributed by atoms with van der Waals surface area (Å²) in [5, 5.41) is 4.70. The normalized spacial score (nSPS) is 20.8. The summed E-state index contributed by atoms with van der Waals surface area (Å²) < 4.78 is 2.18. The largest absolute Gasteiger partial charge is 0.341 e. The number of fused-ring (bicyclic) bond motifs is 1. The maximum atomic E-state index is 12.9. The SMILES string of the molecule is C[C@H](c1ccc(Cl)cc1Cl)n1cnc2ccc(C3CCN(C(=O)C4CCCCN4)CC3)cc21. The Hall–Kier alpha value is -2.08. The van der Waals surface area contributed by atoms with Gasteiger partial charge in [0.2, 0.25) is 5.91 Å². The molecule has 1 amide bonds. The fraction of sp³-hybridized carbons (Fsp3) is 0.462. The zero-order valence-electron chi connectivity index (χ0n) is 18.9. The van der Waals surface area contributed by atoms with Gasteiger partial charge < -0.3 is 14.8 Å². The highest BCUT2D eigenvalue weighted by atomic mass is 35.5. The average Bonchev–Trinajstić information content (AvgIpc) is 3.27. The van der Waals surface area contributed by atoms with E-state index in [0.29, 0.717) is 16.0 Å². The maximum Gasteiger partial charge on any atom is 0.239 e. The first-order chi connectivity index (χ1) is 16.0.